The number of piperidine rings is 2. The monoisotopic (exact) mass is 368 g/mol. The summed E-state index contributed by atoms with van der Waals surface area (Å²) < 4.78 is 0. The van der Waals surface area contributed by atoms with Gasteiger partial charge in [-0.1, -0.05) is 45.9 Å². The van der Waals surface area contributed by atoms with Crippen molar-refractivity contribution in [2.75, 3.05) is 26.2 Å². The molecule has 0 aliphatic carbocycles. The van der Waals surface area contributed by atoms with Crippen LogP contribution in [0.1, 0.15) is 69.6 Å². The molecule has 0 radical (unpaired) electrons. The molecule has 2 fully saturated rings. The van der Waals surface area contributed by atoms with Gasteiger partial charge in [0.1, 0.15) is 0 Å². The van der Waals surface area contributed by atoms with Crippen molar-refractivity contribution in [1.82, 2.24) is 10.2 Å². The fourth-order valence-electron chi connectivity index (χ4n) is 5.27. The SMILES string of the molecule is C=C(c1ccc(CC(C)C)c(C)c1)N1CCC2(CC1)CNCC(CCC)C2. The number of aryl methyl sites for hydroxylation is 1. The smallest absolute Gasteiger partial charge is 0.0366 e. The fourth-order valence-corrected chi connectivity index (χ4v) is 5.27. The summed E-state index contributed by atoms with van der Waals surface area (Å²) in [4.78, 5) is 2.53. The molecule has 1 aromatic rings. The van der Waals surface area contributed by atoms with E-state index in [2.05, 4.69) is 62.7 Å². The van der Waals surface area contributed by atoms with E-state index in [9.17, 15) is 0 Å². The maximum atomic E-state index is 4.47. The highest BCUT2D eigenvalue weighted by Crippen LogP contribution is 2.41. The third-order valence-electron chi connectivity index (χ3n) is 6.86. The molecule has 1 N–H and O–H groups in total. The molecule has 2 aliphatic heterocycles. The number of nitrogens with one attached hydrogen (secondary N) is 1. The van der Waals surface area contributed by atoms with Crippen LogP contribution in [0.5, 0.6) is 0 Å². The van der Waals surface area contributed by atoms with E-state index in [0.717, 1.165) is 25.4 Å². The van der Waals surface area contributed by atoms with Gasteiger partial charge < -0.3 is 10.2 Å². The van der Waals surface area contributed by atoms with Gasteiger partial charge in [0.25, 0.3) is 0 Å². The second-order valence-electron chi connectivity index (χ2n) is 9.66. The van der Waals surface area contributed by atoms with Crippen LogP contribution in [0, 0.1) is 24.2 Å². The molecule has 0 saturated carbocycles. The lowest BCUT2D eigenvalue weighted by Gasteiger charge is -2.47. The van der Waals surface area contributed by atoms with Crippen LogP contribution < -0.4 is 5.32 Å². The highest BCUT2D eigenvalue weighted by molar-refractivity contribution is 5.63. The van der Waals surface area contributed by atoms with E-state index in [1.807, 2.05) is 0 Å². The van der Waals surface area contributed by atoms with Gasteiger partial charge in [-0.15, -0.1) is 0 Å². The molecule has 3 rings (SSSR count). The van der Waals surface area contributed by atoms with Crippen molar-refractivity contribution in [3.05, 3.63) is 41.5 Å². The summed E-state index contributed by atoms with van der Waals surface area (Å²) in [6.07, 6.45) is 7.91. The number of hydrogen-bond acceptors (Lipinski definition) is 2. The first kappa shape index (κ1) is 20.5. The molecule has 0 bridgehead atoms. The minimum Gasteiger partial charge on any atom is -0.371 e. The quantitative estimate of drug-likeness (QED) is 0.697. The van der Waals surface area contributed by atoms with Crippen LogP contribution in [-0.4, -0.2) is 31.1 Å². The topological polar surface area (TPSA) is 15.3 Å². The summed E-state index contributed by atoms with van der Waals surface area (Å²) in [5, 5.41) is 3.74. The maximum absolute atomic E-state index is 4.47. The average molecular weight is 369 g/mol. The summed E-state index contributed by atoms with van der Waals surface area (Å²) in [7, 11) is 0. The van der Waals surface area contributed by atoms with Crippen molar-refractivity contribution in [1.29, 1.82) is 0 Å². The van der Waals surface area contributed by atoms with Crippen LogP contribution in [0.2, 0.25) is 0 Å². The van der Waals surface area contributed by atoms with E-state index in [-0.39, 0.29) is 0 Å². The molecule has 1 spiro atoms. The fraction of sp³-hybridized carbons (Fsp3) is 0.680. The zero-order valence-corrected chi connectivity index (χ0v) is 18.1. The Labute approximate surface area is 167 Å². The normalized spacial score (nSPS) is 22.4. The molecule has 2 nitrogen and oxygen atoms in total. The Morgan fingerprint density at radius 1 is 1.30 bits per heavy atom. The summed E-state index contributed by atoms with van der Waals surface area (Å²) in [5.74, 6) is 1.59. The van der Waals surface area contributed by atoms with Crippen molar-refractivity contribution in [2.45, 2.75) is 66.2 Å². The van der Waals surface area contributed by atoms with Crippen LogP contribution in [0.4, 0.5) is 0 Å². The average Bonchev–Trinajstić information content (AvgIpc) is 2.64. The Balaban J connectivity index is 1.61. The third-order valence-corrected chi connectivity index (χ3v) is 6.86. The van der Waals surface area contributed by atoms with Gasteiger partial charge in [-0.05, 0) is 85.6 Å². The lowest BCUT2D eigenvalue weighted by Crippen LogP contribution is -2.50. The van der Waals surface area contributed by atoms with Crippen LogP contribution in [0.15, 0.2) is 24.8 Å². The Hall–Kier alpha value is -1.28. The lowest BCUT2D eigenvalue weighted by atomic mass is 9.69. The number of rotatable bonds is 6. The Morgan fingerprint density at radius 3 is 2.67 bits per heavy atom. The molecule has 1 atom stereocenters. The van der Waals surface area contributed by atoms with E-state index in [1.165, 1.54) is 67.6 Å². The Bertz CT molecular complexity index is 636. The second kappa shape index (κ2) is 8.82. The van der Waals surface area contributed by atoms with Gasteiger partial charge in [0.2, 0.25) is 0 Å². The van der Waals surface area contributed by atoms with Crippen LogP contribution >= 0.6 is 0 Å². The van der Waals surface area contributed by atoms with E-state index in [0.29, 0.717) is 11.3 Å². The Morgan fingerprint density at radius 2 is 2.04 bits per heavy atom. The number of hydrogen-bond donors (Lipinski definition) is 1. The first-order chi connectivity index (χ1) is 12.9. The molecule has 2 aliphatic rings. The van der Waals surface area contributed by atoms with Crippen LogP contribution in [-0.2, 0) is 6.42 Å². The molecule has 2 heteroatoms. The molecule has 27 heavy (non-hydrogen) atoms. The summed E-state index contributed by atoms with van der Waals surface area (Å²) in [6, 6.07) is 6.96. The molecular weight excluding hydrogens is 328 g/mol. The summed E-state index contributed by atoms with van der Waals surface area (Å²) >= 11 is 0. The molecule has 2 saturated heterocycles. The highest BCUT2D eigenvalue weighted by Gasteiger charge is 2.38. The first-order valence-electron chi connectivity index (χ1n) is 11.2. The van der Waals surface area contributed by atoms with Crippen molar-refractivity contribution >= 4 is 5.70 Å². The van der Waals surface area contributed by atoms with E-state index in [4.69, 9.17) is 0 Å². The van der Waals surface area contributed by atoms with E-state index < -0.39 is 0 Å². The lowest BCUT2D eigenvalue weighted by molar-refractivity contribution is 0.0771. The predicted molar refractivity (Wildman–Crippen MR) is 118 cm³/mol. The van der Waals surface area contributed by atoms with Crippen molar-refractivity contribution in [3.8, 4) is 0 Å². The molecule has 0 aromatic heterocycles. The van der Waals surface area contributed by atoms with Crippen molar-refractivity contribution in [2.24, 2.45) is 17.3 Å². The van der Waals surface area contributed by atoms with Crippen LogP contribution in [0.3, 0.4) is 0 Å². The molecule has 2 heterocycles. The van der Waals surface area contributed by atoms with Gasteiger partial charge in [-0.3, -0.25) is 0 Å². The van der Waals surface area contributed by atoms with Gasteiger partial charge in [0.05, 0.1) is 0 Å². The zero-order valence-electron chi connectivity index (χ0n) is 18.1. The second-order valence-corrected chi connectivity index (χ2v) is 9.66. The molecule has 150 valence electrons. The third kappa shape index (κ3) is 4.96. The largest absolute Gasteiger partial charge is 0.371 e. The highest BCUT2D eigenvalue weighted by atomic mass is 15.1. The zero-order chi connectivity index (χ0) is 19.4. The predicted octanol–water partition coefficient (Wildman–Crippen LogP) is 5.66. The van der Waals surface area contributed by atoms with Gasteiger partial charge in [0, 0.05) is 25.3 Å². The minimum atomic E-state index is 0.534. The van der Waals surface area contributed by atoms with Crippen molar-refractivity contribution < 1.29 is 0 Å². The number of nitrogens with zero attached hydrogens (tertiary/aromatic N) is 1. The molecule has 1 aromatic carbocycles. The van der Waals surface area contributed by atoms with Gasteiger partial charge in [0.15, 0.2) is 0 Å². The molecule has 1 unspecified atom stereocenters. The minimum absolute atomic E-state index is 0.534. The number of likely N-dealkylation sites (tertiary alicyclic amines) is 1. The maximum Gasteiger partial charge on any atom is 0.0366 e. The van der Waals surface area contributed by atoms with Crippen molar-refractivity contribution in [3.63, 3.8) is 0 Å². The molecule has 0 amide bonds. The van der Waals surface area contributed by atoms with E-state index in [1.54, 1.807) is 0 Å². The summed E-state index contributed by atoms with van der Waals surface area (Å²) in [6.45, 7) is 18.4. The van der Waals surface area contributed by atoms with E-state index >= 15 is 0 Å². The van der Waals surface area contributed by atoms with Crippen LogP contribution in [0.25, 0.3) is 5.70 Å². The van der Waals surface area contributed by atoms with Gasteiger partial charge in [-0.2, -0.15) is 0 Å². The van der Waals surface area contributed by atoms with Gasteiger partial charge in [-0.25, -0.2) is 0 Å². The Kier molecular flexibility index (Phi) is 6.68. The first-order valence-corrected chi connectivity index (χ1v) is 11.2. The summed E-state index contributed by atoms with van der Waals surface area (Å²) in [5.41, 5.74) is 5.95. The van der Waals surface area contributed by atoms with Gasteiger partial charge >= 0.3 is 0 Å². The molecular formula is C25H40N2. The number of benzene rings is 1. The standard InChI is InChI=1S/C25H40N2/c1-6-7-22-16-25(18-26-17-22)10-12-27(13-11-25)21(5)24-9-8-23(14-19(2)3)20(4)15-24/h8-9,15,19,22,26H,5-7,10-14,16-18H2,1-4H3.